The van der Waals surface area contributed by atoms with Crippen molar-refractivity contribution in [1.82, 2.24) is 0 Å². The van der Waals surface area contributed by atoms with E-state index in [1.54, 1.807) is 25.1 Å². The highest BCUT2D eigenvalue weighted by Gasteiger charge is 2.61. The van der Waals surface area contributed by atoms with Gasteiger partial charge in [0.1, 0.15) is 0 Å². The van der Waals surface area contributed by atoms with Crippen LogP contribution >= 0.6 is 0 Å². The Kier molecular flexibility index (Phi) is 2.53. The standard InChI is InChI=1S/C15H12N2O5/c1-7-2-3-8(17(20)21)6-9(7)16-14(18)12-10-4-5-11(22-10)13(12)15(16)19/h2-6,10-13H,1H3/t10-,11+,12-,13+. The van der Waals surface area contributed by atoms with Crippen LogP contribution in [0.4, 0.5) is 11.4 Å². The van der Waals surface area contributed by atoms with Gasteiger partial charge < -0.3 is 4.74 Å². The van der Waals surface area contributed by atoms with Crippen molar-refractivity contribution in [2.75, 3.05) is 4.90 Å². The molecule has 0 spiro atoms. The number of nitro benzene ring substituents is 1. The van der Waals surface area contributed by atoms with Gasteiger partial charge >= 0.3 is 0 Å². The molecule has 4 rings (SSSR count). The topological polar surface area (TPSA) is 89.8 Å². The highest BCUT2D eigenvalue weighted by molar-refractivity contribution is 6.23. The molecule has 3 aliphatic rings. The summed E-state index contributed by atoms with van der Waals surface area (Å²) in [7, 11) is 0. The second-order valence-corrected chi connectivity index (χ2v) is 5.74. The Hall–Kier alpha value is -2.54. The zero-order valence-electron chi connectivity index (χ0n) is 11.6. The highest BCUT2D eigenvalue weighted by atomic mass is 16.6. The van der Waals surface area contributed by atoms with Crippen molar-refractivity contribution in [2.45, 2.75) is 19.1 Å². The third kappa shape index (κ3) is 1.54. The van der Waals surface area contributed by atoms with E-state index in [0.29, 0.717) is 5.56 Å². The molecule has 0 unspecified atom stereocenters. The van der Waals surface area contributed by atoms with Crippen LogP contribution in [-0.2, 0) is 14.3 Å². The van der Waals surface area contributed by atoms with Gasteiger partial charge in [0.05, 0.1) is 34.7 Å². The summed E-state index contributed by atoms with van der Waals surface area (Å²) in [4.78, 5) is 36.8. The number of hydrogen-bond acceptors (Lipinski definition) is 5. The fourth-order valence-electron chi connectivity index (χ4n) is 3.49. The zero-order chi connectivity index (χ0) is 15.6. The first kappa shape index (κ1) is 13.1. The molecule has 7 nitrogen and oxygen atoms in total. The zero-order valence-corrected chi connectivity index (χ0v) is 11.6. The van der Waals surface area contributed by atoms with E-state index in [1.807, 2.05) is 0 Å². The van der Waals surface area contributed by atoms with Gasteiger partial charge in [0.25, 0.3) is 5.69 Å². The number of carbonyl (C=O) groups is 2. The summed E-state index contributed by atoms with van der Waals surface area (Å²) in [5, 5.41) is 10.9. The van der Waals surface area contributed by atoms with Crippen LogP contribution in [0.15, 0.2) is 30.4 Å². The number of rotatable bonds is 2. The molecule has 0 radical (unpaired) electrons. The molecule has 1 aromatic carbocycles. The number of hydrogen-bond donors (Lipinski definition) is 0. The molecule has 2 fully saturated rings. The molecule has 7 heteroatoms. The minimum Gasteiger partial charge on any atom is -0.365 e. The van der Waals surface area contributed by atoms with Gasteiger partial charge in [-0.3, -0.25) is 19.7 Å². The second-order valence-electron chi connectivity index (χ2n) is 5.74. The molecule has 0 aliphatic carbocycles. The summed E-state index contributed by atoms with van der Waals surface area (Å²) in [5.74, 6) is -1.70. The van der Waals surface area contributed by atoms with Gasteiger partial charge in [-0.2, -0.15) is 0 Å². The molecule has 2 bridgehead atoms. The van der Waals surface area contributed by atoms with E-state index < -0.39 is 16.8 Å². The first-order chi connectivity index (χ1) is 10.5. The van der Waals surface area contributed by atoms with Crippen LogP contribution in [0, 0.1) is 28.9 Å². The molecule has 0 N–H and O–H groups in total. The van der Waals surface area contributed by atoms with Crippen molar-refractivity contribution >= 4 is 23.2 Å². The normalized spacial score (nSPS) is 32.0. The molecular formula is C15H12N2O5. The van der Waals surface area contributed by atoms with Crippen LogP contribution in [0.2, 0.25) is 0 Å². The van der Waals surface area contributed by atoms with Crippen LogP contribution in [-0.4, -0.2) is 28.9 Å². The number of fused-ring (bicyclic) bond motifs is 5. The molecule has 3 heterocycles. The molecule has 2 saturated heterocycles. The van der Waals surface area contributed by atoms with Crippen LogP contribution in [0.5, 0.6) is 0 Å². The summed E-state index contributed by atoms with van der Waals surface area (Å²) in [5.41, 5.74) is 0.794. The largest absolute Gasteiger partial charge is 0.365 e. The van der Waals surface area contributed by atoms with Crippen LogP contribution in [0.25, 0.3) is 0 Å². The van der Waals surface area contributed by atoms with Gasteiger partial charge in [0, 0.05) is 12.1 Å². The van der Waals surface area contributed by atoms with Crippen molar-refractivity contribution < 1.29 is 19.2 Å². The minimum atomic E-state index is -0.539. The molecule has 1 aromatic rings. The second kappa shape index (κ2) is 4.23. The molecule has 0 saturated carbocycles. The predicted octanol–water partition coefficient (Wildman–Crippen LogP) is 1.35. The summed E-state index contributed by atoms with van der Waals surface area (Å²) in [6, 6.07) is 4.19. The Bertz CT molecular complexity index is 726. The van der Waals surface area contributed by atoms with Crippen molar-refractivity contribution in [2.24, 2.45) is 11.8 Å². The van der Waals surface area contributed by atoms with E-state index in [0.717, 1.165) is 4.90 Å². The third-order valence-corrected chi connectivity index (χ3v) is 4.56. The number of imide groups is 1. The first-order valence-corrected chi connectivity index (χ1v) is 6.95. The lowest BCUT2D eigenvalue weighted by atomic mass is 9.85. The van der Waals surface area contributed by atoms with Crippen LogP contribution < -0.4 is 4.90 Å². The van der Waals surface area contributed by atoms with Gasteiger partial charge in [0.2, 0.25) is 11.8 Å². The van der Waals surface area contributed by atoms with Gasteiger partial charge in [-0.15, -0.1) is 0 Å². The lowest BCUT2D eigenvalue weighted by Gasteiger charge is -2.19. The van der Waals surface area contributed by atoms with E-state index in [2.05, 4.69) is 0 Å². The minimum absolute atomic E-state index is 0.143. The number of ether oxygens (including phenoxy) is 1. The summed E-state index contributed by atoms with van der Waals surface area (Å²) in [6.07, 6.45) is 2.88. The maximum Gasteiger partial charge on any atom is 0.271 e. The maximum absolute atomic E-state index is 12.6. The average molecular weight is 300 g/mol. The van der Waals surface area contributed by atoms with Gasteiger partial charge in [0.15, 0.2) is 0 Å². The molecule has 3 aliphatic heterocycles. The number of benzene rings is 1. The first-order valence-electron chi connectivity index (χ1n) is 6.95. The third-order valence-electron chi connectivity index (χ3n) is 4.56. The van der Waals surface area contributed by atoms with Crippen LogP contribution in [0.3, 0.4) is 0 Å². The Balaban J connectivity index is 1.79. The maximum atomic E-state index is 12.6. The summed E-state index contributed by atoms with van der Waals surface area (Å²) in [6.45, 7) is 1.72. The van der Waals surface area contributed by atoms with E-state index in [4.69, 9.17) is 4.74 Å². The Morgan fingerprint density at radius 2 is 1.73 bits per heavy atom. The highest BCUT2D eigenvalue weighted by Crippen LogP contribution is 2.46. The quantitative estimate of drug-likeness (QED) is 0.356. The van der Waals surface area contributed by atoms with Crippen LogP contribution in [0.1, 0.15) is 5.56 Å². The van der Waals surface area contributed by atoms with Crippen molar-refractivity contribution in [1.29, 1.82) is 0 Å². The number of amides is 2. The predicted molar refractivity (Wildman–Crippen MR) is 75.1 cm³/mol. The number of non-ortho nitro benzene ring substituents is 1. The van der Waals surface area contributed by atoms with Gasteiger partial charge in [-0.1, -0.05) is 18.2 Å². The SMILES string of the molecule is Cc1ccc([N+](=O)[O-])cc1N1C(=O)[C@@H]2[C@H](C1=O)[C@H]1C=C[C@@H]2O1. The monoisotopic (exact) mass is 300 g/mol. The molecule has 112 valence electrons. The van der Waals surface area contributed by atoms with E-state index >= 15 is 0 Å². The van der Waals surface area contributed by atoms with Crippen molar-refractivity contribution in [3.63, 3.8) is 0 Å². The van der Waals surface area contributed by atoms with Crippen molar-refractivity contribution in [3.05, 3.63) is 46.0 Å². The number of carbonyl (C=O) groups excluding carboxylic acids is 2. The lowest BCUT2D eigenvalue weighted by molar-refractivity contribution is -0.384. The number of aryl methyl sites for hydroxylation is 1. The van der Waals surface area contributed by atoms with E-state index in [1.165, 1.54) is 12.1 Å². The molecule has 4 atom stereocenters. The van der Waals surface area contributed by atoms with Gasteiger partial charge in [-0.05, 0) is 12.5 Å². The van der Waals surface area contributed by atoms with Crippen molar-refractivity contribution in [3.8, 4) is 0 Å². The molecule has 2 amide bonds. The summed E-state index contributed by atoms with van der Waals surface area (Å²) < 4.78 is 5.57. The molecular weight excluding hydrogens is 288 g/mol. The molecule has 0 aromatic heterocycles. The fraction of sp³-hybridized carbons (Fsp3) is 0.333. The van der Waals surface area contributed by atoms with E-state index in [-0.39, 0.29) is 35.4 Å². The average Bonchev–Trinajstić information content (AvgIpc) is 3.14. The number of nitro groups is 1. The van der Waals surface area contributed by atoms with Gasteiger partial charge in [-0.25, -0.2) is 4.90 Å². The summed E-state index contributed by atoms with van der Waals surface area (Å²) >= 11 is 0. The number of anilines is 1. The number of nitrogens with zero attached hydrogens (tertiary/aromatic N) is 2. The lowest BCUT2D eigenvalue weighted by Crippen LogP contribution is -2.34. The Labute approximate surface area is 125 Å². The fourth-order valence-corrected chi connectivity index (χ4v) is 3.49. The Morgan fingerprint density at radius 1 is 1.14 bits per heavy atom. The smallest absolute Gasteiger partial charge is 0.271 e. The Morgan fingerprint density at radius 3 is 2.27 bits per heavy atom. The van der Waals surface area contributed by atoms with E-state index in [9.17, 15) is 19.7 Å². The molecule has 22 heavy (non-hydrogen) atoms.